The van der Waals surface area contributed by atoms with Crippen LogP contribution in [0.15, 0.2) is 28.8 Å². The first-order valence-electron chi connectivity index (χ1n) is 9.05. The maximum Gasteiger partial charge on any atom is 0.241 e. The van der Waals surface area contributed by atoms with Gasteiger partial charge in [0.15, 0.2) is 0 Å². The summed E-state index contributed by atoms with van der Waals surface area (Å²) in [5.74, 6) is 2.01. The van der Waals surface area contributed by atoms with Crippen molar-refractivity contribution in [1.82, 2.24) is 19.9 Å². The Labute approximate surface area is 149 Å². The summed E-state index contributed by atoms with van der Waals surface area (Å²) in [6.45, 7) is 6.99. The number of likely N-dealkylation sites (tertiary alicyclic amines) is 1. The number of hydrogen-bond acceptors (Lipinski definition) is 6. The molecule has 6 heteroatoms. The molecule has 0 atom stereocenters. The van der Waals surface area contributed by atoms with Crippen molar-refractivity contribution in [3.05, 3.63) is 35.7 Å². The molecule has 0 aliphatic carbocycles. The van der Waals surface area contributed by atoms with Gasteiger partial charge in [0.05, 0.1) is 13.2 Å². The summed E-state index contributed by atoms with van der Waals surface area (Å²) in [5, 5.41) is 13.1. The average Bonchev–Trinajstić information content (AvgIpc) is 3.05. The second kappa shape index (κ2) is 8.56. The van der Waals surface area contributed by atoms with Crippen LogP contribution in [0.3, 0.4) is 0 Å². The molecule has 1 aromatic carbocycles. The van der Waals surface area contributed by atoms with Crippen molar-refractivity contribution in [3.63, 3.8) is 0 Å². The molecule has 25 heavy (non-hydrogen) atoms. The van der Waals surface area contributed by atoms with Crippen LogP contribution < -0.4 is 0 Å². The normalized spacial score (nSPS) is 16.6. The topological polar surface area (TPSA) is 65.6 Å². The Morgan fingerprint density at radius 1 is 1.32 bits per heavy atom. The van der Waals surface area contributed by atoms with Crippen molar-refractivity contribution in [2.75, 3.05) is 39.8 Å². The van der Waals surface area contributed by atoms with E-state index < -0.39 is 0 Å². The van der Waals surface area contributed by atoms with Gasteiger partial charge in [-0.15, -0.1) is 0 Å². The van der Waals surface area contributed by atoms with Crippen molar-refractivity contribution in [1.29, 1.82) is 0 Å². The molecule has 2 heterocycles. The molecule has 1 N–H and O–H groups in total. The van der Waals surface area contributed by atoms with Crippen molar-refractivity contribution in [3.8, 4) is 11.4 Å². The minimum Gasteiger partial charge on any atom is -0.395 e. The fraction of sp³-hybridized carbons (Fsp3) is 0.579. The summed E-state index contributed by atoms with van der Waals surface area (Å²) in [5.41, 5.74) is 2.18. The van der Waals surface area contributed by atoms with Gasteiger partial charge in [-0.3, -0.25) is 4.90 Å². The number of aliphatic hydroxyl groups excluding tert-OH is 1. The molecule has 6 nitrogen and oxygen atoms in total. The molecule has 0 bridgehead atoms. The van der Waals surface area contributed by atoms with Gasteiger partial charge in [-0.25, -0.2) is 0 Å². The van der Waals surface area contributed by atoms with Crippen molar-refractivity contribution < 1.29 is 9.63 Å². The first kappa shape index (κ1) is 18.0. The van der Waals surface area contributed by atoms with Crippen LogP contribution >= 0.6 is 0 Å². The molecule has 0 unspecified atom stereocenters. The largest absolute Gasteiger partial charge is 0.395 e. The molecule has 0 saturated carbocycles. The lowest BCUT2D eigenvalue weighted by Gasteiger charge is -2.33. The molecule has 0 radical (unpaired) electrons. The van der Waals surface area contributed by atoms with Gasteiger partial charge < -0.3 is 14.5 Å². The molecule has 1 aromatic heterocycles. The molecule has 1 aliphatic heterocycles. The SMILES string of the molecule is Cc1cccc(-c2noc(CN(C)CC3CCN(CCO)CC3)n2)c1. The van der Waals surface area contributed by atoms with Crippen LogP contribution in [0.5, 0.6) is 0 Å². The third kappa shape index (κ3) is 5.11. The van der Waals surface area contributed by atoms with E-state index in [9.17, 15) is 0 Å². The summed E-state index contributed by atoms with van der Waals surface area (Å²) in [4.78, 5) is 9.14. The second-order valence-electron chi connectivity index (χ2n) is 7.09. The third-order valence-corrected chi connectivity index (χ3v) is 4.84. The number of piperidine rings is 1. The monoisotopic (exact) mass is 344 g/mol. The van der Waals surface area contributed by atoms with Gasteiger partial charge in [0.1, 0.15) is 0 Å². The molecule has 136 valence electrons. The van der Waals surface area contributed by atoms with E-state index in [0.717, 1.165) is 31.7 Å². The minimum atomic E-state index is 0.255. The highest BCUT2D eigenvalue weighted by Gasteiger charge is 2.21. The summed E-state index contributed by atoms with van der Waals surface area (Å²) in [6.07, 6.45) is 2.37. The molecular formula is C19H28N4O2. The van der Waals surface area contributed by atoms with Crippen LogP contribution in [-0.2, 0) is 6.54 Å². The van der Waals surface area contributed by atoms with Gasteiger partial charge in [0.25, 0.3) is 0 Å². The van der Waals surface area contributed by atoms with Gasteiger partial charge in [0.2, 0.25) is 11.7 Å². The lowest BCUT2D eigenvalue weighted by molar-refractivity contribution is 0.126. The lowest BCUT2D eigenvalue weighted by Crippen LogP contribution is -2.38. The standard InChI is InChI=1S/C19H28N4O2/c1-15-4-3-5-17(12-15)19-20-18(25-21-19)14-22(2)13-16-6-8-23(9-7-16)10-11-24/h3-5,12,16,24H,6-11,13-14H2,1-2H3. The highest BCUT2D eigenvalue weighted by Crippen LogP contribution is 2.20. The van der Waals surface area contributed by atoms with Crippen LogP contribution in [0.2, 0.25) is 0 Å². The predicted molar refractivity (Wildman–Crippen MR) is 97.1 cm³/mol. The van der Waals surface area contributed by atoms with Crippen LogP contribution in [-0.4, -0.2) is 64.9 Å². The van der Waals surface area contributed by atoms with Crippen molar-refractivity contribution >= 4 is 0 Å². The van der Waals surface area contributed by atoms with Gasteiger partial charge in [-0.1, -0.05) is 28.9 Å². The highest BCUT2D eigenvalue weighted by atomic mass is 16.5. The fourth-order valence-electron chi connectivity index (χ4n) is 3.49. The Hall–Kier alpha value is -1.76. The van der Waals surface area contributed by atoms with Crippen molar-refractivity contribution in [2.45, 2.75) is 26.3 Å². The number of benzene rings is 1. The van der Waals surface area contributed by atoms with E-state index in [-0.39, 0.29) is 6.61 Å². The Morgan fingerprint density at radius 2 is 2.12 bits per heavy atom. The summed E-state index contributed by atoms with van der Waals surface area (Å²) >= 11 is 0. The van der Waals surface area contributed by atoms with E-state index in [4.69, 9.17) is 9.63 Å². The number of β-amino-alcohol motifs (C(OH)–C–C–N with tert-alkyl or cyclic N) is 1. The first-order chi connectivity index (χ1) is 12.1. The number of hydrogen-bond donors (Lipinski definition) is 1. The third-order valence-electron chi connectivity index (χ3n) is 4.84. The van der Waals surface area contributed by atoms with E-state index in [1.165, 1.54) is 18.4 Å². The highest BCUT2D eigenvalue weighted by molar-refractivity contribution is 5.55. The van der Waals surface area contributed by atoms with Crippen LogP contribution in [0, 0.1) is 12.8 Å². The zero-order valence-electron chi connectivity index (χ0n) is 15.2. The van der Waals surface area contributed by atoms with E-state index >= 15 is 0 Å². The number of nitrogens with zero attached hydrogens (tertiary/aromatic N) is 4. The number of rotatable bonds is 7. The zero-order chi connectivity index (χ0) is 17.6. The second-order valence-corrected chi connectivity index (χ2v) is 7.09. The van der Waals surface area contributed by atoms with E-state index in [2.05, 4.69) is 46.0 Å². The summed E-state index contributed by atoms with van der Waals surface area (Å²) in [7, 11) is 2.11. The maximum atomic E-state index is 9.02. The molecule has 1 aliphatic rings. The number of aryl methyl sites for hydroxylation is 1. The number of aromatic nitrogens is 2. The molecule has 1 fully saturated rings. The Kier molecular flexibility index (Phi) is 6.18. The quantitative estimate of drug-likeness (QED) is 0.830. The Morgan fingerprint density at radius 3 is 2.84 bits per heavy atom. The lowest BCUT2D eigenvalue weighted by atomic mass is 9.96. The molecule has 0 amide bonds. The zero-order valence-corrected chi connectivity index (χ0v) is 15.2. The number of aliphatic hydroxyl groups is 1. The molecule has 3 rings (SSSR count). The van der Waals surface area contributed by atoms with Gasteiger partial charge in [0, 0.05) is 18.7 Å². The molecular weight excluding hydrogens is 316 g/mol. The smallest absolute Gasteiger partial charge is 0.241 e. The Bertz CT molecular complexity index is 665. The average molecular weight is 344 g/mol. The van der Waals surface area contributed by atoms with E-state index in [0.29, 0.717) is 24.2 Å². The predicted octanol–water partition coefficient (Wildman–Crippen LogP) is 2.18. The van der Waals surface area contributed by atoms with Crippen LogP contribution in [0.25, 0.3) is 11.4 Å². The van der Waals surface area contributed by atoms with E-state index in [1.807, 2.05) is 12.1 Å². The van der Waals surface area contributed by atoms with Gasteiger partial charge in [-0.05, 0) is 51.9 Å². The first-order valence-corrected chi connectivity index (χ1v) is 9.05. The summed E-state index contributed by atoms with van der Waals surface area (Å²) in [6, 6.07) is 8.14. The van der Waals surface area contributed by atoms with Crippen LogP contribution in [0.1, 0.15) is 24.3 Å². The fourth-order valence-corrected chi connectivity index (χ4v) is 3.49. The maximum absolute atomic E-state index is 9.02. The van der Waals surface area contributed by atoms with Gasteiger partial charge >= 0.3 is 0 Å². The summed E-state index contributed by atoms with van der Waals surface area (Å²) < 4.78 is 5.43. The van der Waals surface area contributed by atoms with Crippen LogP contribution in [0.4, 0.5) is 0 Å². The van der Waals surface area contributed by atoms with E-state index in [1.54, 1.807) is 0 Å². The van der Waals surface area contributed by atoms with Gasteiger partial charge in [-0.2, -0.15) is 4.98 Å². The molecule has 0 spiro atoms. The van der Waals surface area contributed by atoms with Crippen molar-refractivity contribution in [2.24, 2.45) is 5.92 Å². The minimum absolute atomic E-state index is 0.255. The molecule has 1 saturated heterocycles. The Balaban J connectivity index is 1.50. The molecule has 2 aromatic rings.